The van der Waals surface area contributed by atoms with E-state index >= 15 is 0 Å². The molecule has 1 N–H and O–H groups in total. The van der Waals surface area contributed by atoms with E-state index in [1.165, 1.54) is 6.92 Å². The van der Waals surface area contributed by atoms with Gasteiger partial charge in [0.25, 0.3) is 16.9 Å². The van der Waals surface area contributed by atoms with Crippen molar-refractivity contribution in [2.45, 2.75) is 6.92 Å². The Morgan fingerprint density at radius 3 is 2.27 bits per heavy atom. The molecule has 0 aliphatic rings. The summed E-state index contributed by atoms with van der Waals surface area (Å²) in [6, 6.07) is 0. The number of hydrogen-bond acceptors (Lipinski definition) is 4. The molecule has 0 saturated carbocycles. The summed E-state index contributed by atoms with van der Waals surface area (Å²) in [7, 11) is -3.03. The van der Waals surface area contributed by atoms with Gasteiger partial charge in [0.2, 0.25) is 0 Å². The zero-order chi connectivity index (χ0) is 8.15. The van der Waals surface area contributed by atoms with E-state index in [9.17, 15) is 13.2 Å². The van der Waals surface area contributed by atoms with Gasteiger partial charge in [0.05, 0.1) is 0 Å². The van der Waals surface area contributed by atoms with Crippen molar-refractivity contribution >= 4 is 75.1 Å². The molecule has 0 aromatic rings. The van der Waals surface area contributed by atoms with Crippen LogP contribution in [0.25, 0.3) is 0 Å². The monoisotopic (exact) mass is 251 g/mol. The minimum atomic E-state index is -3.03. The molecule has 0 saturated heterocycles. The van der Waals surface area contributed by atoms with Crippen molar-refractivity contribution in [1.29, 1.82) is 0 Å². The fraction of sp³-hybridized carbons (Fsp3) is 0.250. The van der Waals surface area contributed by atoms with Crippen LogP contribution in [0.1, 0.15) is 6.92 Å². The van der Waals surface area contributed by atoms with Crippen LogP contribution in [-0.4, -0.2) is 72.5 Å². The standard InChI is InChI=1S/C4H7NO4S.Rb.H/c1-3(2)4(6)5-9-10(7)8;;/h10H,1H2,2H3,(H,5,6);;. The van der Waals surface area contributed by atoms with Crippen molar-refractivity contribution in [2.24, 2.45) is 0 Å². The Balaban J connectivity index is 0. The molecule has 7 heteroatoms. The van der Waals surface area contributed by atoms with Crippen LogP contribution in [0.2, 0.25) is 0 Å². The molecule has 0 heterocycles. The Morgan fingerprint density at radius 1 is 1.55 bits per heavy atom. The van der Waals surface area contributed by atoms with E-state index in [1.807, 2.05) is 0 Å². The SMILES string of the molecule is C=C(C)C(=O)NO[SH](=O)=O.[RbH]. The summed E-state index contributed by atoms with van der Waals surface area (Å²) in [5.74, 6) is -0.654. The zero-order valence-corrected chi connectivity index (χ0v) is 6.18. The van der Waals surface area contributed by atoms with Crippen LogP contribution in [-0.2, 0) is 20.1 Å². The first kappa shape index (κ1) is 14.4. The molecule has 60 valence electrons. The quantitative estimate of drug-likeness (QED) is 0.363. The van der Waals surface area contributed by atoms with Crippen molar-refractivity contribution in [3.05, 3.63) is 12.2 Å². The fourth-order valence-corrected chi connectivity index (χ4v) is 0.323. The van der Waals surface area contributed by atoms with Crippen molar-refractivity contribution in [3.63, 3.8) is 0 Å². The first-order valence-electron chi connectivity index (χ1n) is 2.31. The van der Waals surface area contributed by atoms with Gasteiger partial charge in [-0.3, -0.25) is 4.79 Å². The second-order valence-corrected chi connectivity index (χ2v) is 2.16. The summed E-state index contributed by atoms with van der Waals surface area (Å²) >= 11 is 0. The molecule has 0 bridgehead atoms. The van der Waals surface area contributed by atoms with Gasteiger partial charge in [-0.15, -0.1) is 0 Å². The normalized spacial score (nSPS) is 8.55. The number of rotatable bonds is 3. The van der Waals surface area contributed by atoms with Gasteiger partial charge in [-0.2, -0.15) is 4.28 Å². The number of hydroxylamine groups is 1. The van der Waals surface area contributed by atoms with Crippen molar-refractivity contribution in [2.75, 3.05) is 0 Å². The Morgan fingerprint density at radius 2 is 2.00 bits per heavy atom. The summed E-state index contributed by atoms with van der Waals surface area (Å²) in [5.41, 5.74) is 1.82. The van der Waals surface area contributed by atoms with Gasteiger partial charge in [-0.25, -0.2) is 13.9 Å². The topological polar surface area (TPSA) is 72.5 Å². The summed E-state index contributed by atoms with van der Waals surface area (Å²) < 4.78 is 23.2. The average Bonchev–Trinajstić information content (AvgIpc) is 1.82. The molecule has 0 atom stereocenters. The molecular formula is C4H8NO4RbS. The van der Waals surface area contributed by atoms with Crippen LogP contribution in [0.3, 0.4) is 0 Å². The number of hydrogen-bond donors (Lipinski definition) is 2. The molecule has 5 nitrogen and oxygen atoms in total. The number of amides is 1. The van der Waals surface area contributed by atoms with Crippen molar-refractivity contribution in [3.8, 4) is 0 Å². The average molecular weight is 252 g/mol. The number of carbonyl (C=O) groups is 1. The predicted octanol–water partition coefficient (Wildman–Crippen LogP) is -1.51. The van der Waals surface area contributed by atoms with Gasteiger partial charge < -0.3 is 0 Å². The van der Waals surface area contributed by atoms with Gasteiger partial charge in [0, 0.05) is 5.57 Å². The Bertz CT molecular complexity index is 216. The fourth-order valence-electron chi connectivity index (χ4n) is 0.166. The van der Waals surface area contributed by atoms with E-state index < -0.39 is 16.9 Å². The summed E-state index contributed by atoms with van der Waals surface area (Å²) in [6.45, 7) is 4.67. The molecule has 0 aliphatic heterocycles. The first-order chi connectivity index (χ1) is 4.54. The van der Waals surface area contributed by atoms with E-state index in [0.29, 0.717) is 0 Å². The maximum absolute atomic E-state index is 10.4. The second-order valence-electron chi connectivity index (χ2n) is 1.53. The maximum atomic E-state index is 10.4. The zero-order valence-electron chi connectivity index (χ0n) is 5.29. The molecule has 0 aliphatic carbocycles. The number of thiol groups is 1. The molecular weight excluding hydrogens is 244 g/mol. The molecule has 0 spiro atoms. The number of nitrogens with one attached hydrogen (secondary N) is 1. The summed E-state index contributed by atoms with van der Waals surface area (Å²) in [4.78, 5) is 10.4. The summed E-state index contributed by atoms with van der Waals surface area (Å²) in [6.07, 6.45) is 0. The van der Waals surface area contributed by atoms with Gasteiger partial charge in [0.1, 0.15) is 0 Å². The van der Waals surface area contributed by atoms with Gasteiger partial charge in [0.15, 0.2) is 0 Å². The van der Waals surface area contributed by atoms with Crippen LogP contribution >= 0.6 is 0 Å². The third-order valence-electron chi connectivity index (χ3n) is 0.600. The molecule has 1 amide bonds. The van der Waals surface area contributed by atoms with E-state index in [0.717, 1.165) is 0 Å². The number of carbonyl (C=O) groups excluding carboxylic acids is 1. The van der Waals surface area contributed by atoms with Gasteiger partial charge in [-0.1, -0.05) is 6.58 Å². The molecule has 11 heavy (non-hydrogen) atoms. The Labute approximate surface area is 115 Å². The minimum absolute atomic E-state index is 0. The van der Waals surface area contributed by atoms with Crippen LogP contribution < -0.4 is 5.48 Å². The van der Waals surface area contributed by atoms with E-state index in [4.69, 9.17) is 0 Å². The van der Waals surface area contributed by atoms with Crippen molar-refractivity contribution < 1.29 is 17.5 Å². The van der Waals surface area contributed by atoms with Gasteiger partial charge in [-0.05, 0) is 6.92 Å². The van der Waals surface area contributed by atoms with Crippen LogP contribution in [0.5, 0.6) is 0 Å². The Kier molecular flexibility index (Phi) is 9.94. The second kappa shape index (κ2) is 7.57. The molecule has 0 rings (SSSR count). The Hall–Kier alpha value is 0.925. The van der Waals surface area contributed by atoms with E-state index in [2.05, 4.69) is 10.9 Å². The third kappa shape index (κ3) is 8.83. The van der Waals surface area contributed by atoms with E-state index in [1.54, 1.807) is 5.48 Å². The first-order valence-corrected chi connectivity index (χ1v) is 3.40. The third-order valence-corrected chi connectivity index (χ3v) is 0.841. The van der Waals surface area contributed by atoms with Crippen molar-refractivity contribution in [1.82, 2.24) is 5.48 Å². The van der Waals surface area contributed by atoms with Crippen LogP contribution in [0, 0.1) is 0 Å². The van der Waals surface area contributed by atoms with Gasteiger partial charge >= 0.3 is 58.2 Å². The molecule has 0 unspecified atom stereocenters. The van der Waals surface area contributed by atoms with Crippen LogP contribution in [0.15, 0.2) is 12.2 Å². The molecule has 0 radical (unpaired) electrons. The summed E-state index contributed by atoms with van der Waals surface area (Å²) in [5, 5.41) is 0. The molecule has 0 aromatic carbocycles. The molecule has 0 aromatic heterocycles. The van der Waals surface area contributed by atoms with Crippen LogP contribution in [0.4, 0.5) is 0 Å². The predicted molar refractivity (Wildman–Crippen MR) is 41.5 cm³/mol. The molecule has 0 fully saturated rings. The van der Waals surface area contributed by atoms with E-state index in [-0.39, 0.29) is 63.8 Å².